The van der Waals surface area contributed by atoms with E-state index in [1.807, 2.05) is 24.3 Å². The number of ether oxygens (including phenoxy) is 1. The van der Waals surface area contributed by atoms with Gasteiger partial charge in [0.25, 0.3) is 5.91 Å². The van der Waals surface area contributed by atoms with Crippen LogP contribution in [0.4, 0.5) is 0 Å². The van der Waals surface area contributed by atoms with Gasteiger partial charge in [0, 0.05) is 31.7 Å². The Morgan fingerprint density at radius 1 is 1.07 bits per heavy atom. The Labute approximate surface area is 158 Å². The van der Waals surface area contributed by atoms with Crippen LogP contribution in [0.25, 0.3) is 0 Å². The number of carbonyl (C=O) groups is 2. The predicted octanol–water partition coefficient (Wildman–Crippen LogP) is 1.70. The third kappa shape index (κ3) is 4.49. The van der Waals surface area contributed by atoms with Crippen molar-refractivity contribution in [3.63, 3.8) is 0 Å². The largest absolute Gasteiger partial charge is 0.496 e. The molecule has 1 aliphatic heterocycles. The van der Waals surface area contributed by atoms with Gasteiger partial charge in [-0.05, 0) is 24.6 Å². The quantitative estimate of drug-likeness (QED) is 0.864. The van der Waals surface area contributed by atoms with E-state index < -0.39 is 0 Å². The van der Waals surface area contributed by atoms with E-state index in [1.165, 1.54) is 0 Å². The zero-order valence-corrected chi connectivity index (χ0v) is 15.4. The molecule has 7 nitrogen and oxygen atoms in total. The van der Waals surface area contributed by atoms with E-state index >= 15 is 0 Å². The van der Waals surface area contributed by atoms with Crippen LogP contribution in [0.15, 0.2) is 40.8 Å². The second-order valence-electron chi connectivity index (χ2n) is 6.44. The summed E-state index contributed by atoms with van der Waals surface area (Å²) in [7, 11) is 1.59. The molecule has 0 atom stereocenters. The summed E-state index contributed by atoms with van der Waals surface area (Å²) in [5.41, 5.74) is 0.856. The molecule has 0 radical (unpaired) electrons. The first-order valence-corrected chi connectivity index (χ1v) is 9.01. The van der Waals surface area contributed by atoms with Crippen LogP contribution in [0.3, 0.4) is 0 Å². The molecule has 1 aromatic carbocycles. The highest BCUT2D eigenvalue weighted by atomic mass is 16.5. The minimum absolute atomic E-state index is 0.0226. The molecule has 0 spiro atoms. The Hall–Kier alpha value is -2.80. The molecule has 7 heteroatoms. The number of amides is 2. The second-order valence-corrected chi connectivity index (χ2v) is 6.44. The van der Waals surface area contributed by atoms with Gasteiger partial charge >= 0.3 is 0 Å². The average Bonchev–Trinajstić information content (AvgIpc) is 3.04. The maximum Gasteiger partial charge on any atom is 0.289 e. The number of hydrogen-bond donors (Lipinski definition) is 1. The maximum atomic E-state index is 12.7. The van der Waals surface area contributed by atoms with Crippen molar-refractivity contribution in [1.29, 1.82) is 0 Å². The Kier molecular flexibility index (Phi) is 6.13. The van der Waals surface area contributed by atoms with Crippen molar-refractivity contribution in [2.45, 2.75) is 19.4 Å². The Bertz CT molecular complexity index is 801. The molecule has 27 heavy (non-hydrogen) atoms. The van der Waals surface area contributed by atoms with Crippen molar-refractivity contribution in [3.05, 3.63) is 53.5 Å². The van der Waals surface area contributed by atoms with Crippen LogP contribution in [-0.4, -0.2) is 60.0 Å². The van der Waals surface area contributed by atoms with Crippen molar-refractivity contribution < 1.29 is 23.8 Å². The van der Waals surface area contributed by atoms with E-state index in [1.54, 1.807) is 29.0 Å². The molecule has 1 saturated heterocycles. The van der Waals surface area contributed by atoms with Crippen LogP contribution in [0.5, 0.6) is 5.75 Å². The summed E-state index contributed by atoms with van der Waals surface area (Å²) >= 11 is 0. The number of methoxy groups -OCH3 is 1. The lowest BCUT2D eigenvalue weighted by molar-refractivity contribution is -0.130. The Balaban J connectivity index is 1.60. The van der Waals surface area contributed by atoms with Crippen LogP contribution >= 0.6 is 0 Å². The van der Waals surface area contributed by atoms with Gasteiger partial charge in [-0.25, -0.2) is 0 Å². The Morgan fingerprint density at radius 3 is 2.56 bits per heavy atom. The summed E-state index contributed by atoms with van der Waals surface area (Å²) in [6.07, 6.45) is 0.979. The SMILES string of the molecule is COc1ccccc1CC(=O)N1CCCN(C(=O)c2ccc(CO)o2)CC1. The minimum atomic E-state index is -0.238. The molecule has 0 unspecified atom stereocenters. The van der Waals surface area contributed by atoms with Gasteiger partial charge in [-0.2, -0.15) is 0 Å². The lowest BCUT2D eigenvalue weighted by Gasteiger charge is -2.22. The van der Waals surface area contributed by atoms with E-state index in [0.717, 1.165) is 5.56 Å². The van der Waals surface area contributed by atoms with Crippen molar-refractivity contribution in [2.75, 3.05) is 33.3 Å². The molecule has 2 amide bonds. The highest BCUT2D eigenvalue weighted by Gasteiger charge is 2.25. The number of aliphatic hydroxyl groups excluding tert-OH is 1. The third-order valence-corrected chi connectivity index (χ3v) is 4.70. The topological polar surface area (TPSA) is 83.2 Å². The first-order chi connectivity index (χ1) is 13.1. The molecule has 1 aliphatic rings. The summed E-state index contributed by atoms with van der Waals surface area (Å²) in [4.78, 5) is 28.7. The van der Waals surface area contributed by atoms with Gasteiger partial charge in [0.2, 0.25) is 5.91 Å². The first kappa shape index (κ1) is 19.0. The average molecular weight is 372 g/mol. The molecule has 144 valence electrons. The molecule has 0 saturated carbocycles. The molecule has 0 bridgehead atoms. The predicted molar refractivity (Wildman–Crippen MR) is 98.4 cm³/mol. The summed E-state index contributed by atoms with van der Waals surface area (Å²) < 4.78 is 10.6. The molecule has 3 rings (SSSR count). The number of rotatable bonds is 5. The van der Waals surface area contributed by atoms with Gasteiger partial charge in [0.15, 0.2) is 5.76 Å². The van der Waals surface area contributed by atoms with Crippen LogP contribution < -0.4 is 4.74 Å². The van der Waals surface area contributed by atoms with Gasteiger partial charge in [-0.3, -0.25) is 9.59 Å². The number of furan rings is 1. The molecule has 1 aromatic heterocycles. The monoisotopic (exact) mass is 372 g/mol. The van der Waals surface area contributed by atoms with Crippen LogP contribution in [0, 0.1) is 0 Å². The molecule has 0 aliphatic carbocycles. The molecule has 2 aromatic rings. The maximum absolute atomic E-state index is 12.7. The zero-order valence-electron chi connectivity index (χ0n) is 15.4. The second kappa shape index (κ2) is 8.73. The van der Waals surface area contributed by atoms with E-state index in [9.17, 15) is 9.59 Å². The highest BCUT2D eigenvalue weighted by Crippen LogP contribution is 2.19. The van der Waals surface area contributed by atoms with Gasteiger partial charge in [0.1, 0.15) is 18.1 Å². The molecule has 2 heterocycles. The lowest BCUT2D eigenvalue weighted by atomic mass is 10.1. The standard InChI is InChI=1S/C20H24N2O5/c1-26-17-6-3-2-5-15(17)13-19(24)21-9-4-10-22(12-11-21)20(25)18-8-7-16(14-23)27-18/h2-3,5-8,23H,4,9-14H2,1H3. The number of nitrogens with zero attached hydrogens (tertiary/aromatic N) is 2. The van der Waals surface area contributed by atoms with Gasteiger partial charge < -0.3 is 24.1 Å². The fraction of sp³-hybridized carbons (Fsp3) is 0.400. The highest BCUT2D eigenvalue weighted by molar-refractivity contribution is 5.91. The van der Waals surface area contributed by atoms with E-state index in [0.29, 0.717) is 44.1 Å². The number of benzene rings is 1. The summed E-state index contributed by atoms with van der Waals surface area (Å²) in [6, 6.07) is 10.7. The van der Waals surface area contributed by atoms with Crippen molar-refractivity contribution >= 4 is 11.8 Å². The molecular weight excluding hydrogens is 348 g/mol. The fourth-order valence-corrected chi connectivity index (χ4v) is 3.23. The Morgan fingerprint density at radius 2 is 1.81 bits per heavy atom. The smallest absolute Gasteiger partial charge is 0.289 e. The van der Waals surface area contributed by atoms with Crippen molar-refractivity contribution in [3.8, 4) is 5.75 Å². The van der Waals surface area contributed by atoms with Crippen LogP contribution in [-0.2, 0) is 17.8 Å². The van der Waals surface area contributed by atoms with Crippen molar-refractivity contribution in [2.24, 2.45) is 0 Å². The lowest BCUT2D eigenvalue weighted by Crippen LogP contribution is -2.37. The summed E-state index contributed by atoms with van der Waals surface area (Å²) in [5.74, 6) is 1.09. The number of carbonyl (C=O) groups excluding carboxylic acids is 2. The van der Waals surface area contributed by atoms with Gasteiger partial charge in [-0.15, -0.1) is 0 Å². The van der Waals surface area contributed by atoms with E-state index in [-0.39, 0.29) is 30.6 Å². The number of hydrogen-bond acceptors (Lipinski definition) is 5. The number of para-hydroxylation sites is 1. The fourth-order valence-electron chi connectivity index (χ4n) is 3.23. The van der Waals surface area contributed by atoms with Crippen LogP contribution in [0.2, 0.25) is 0 Å². The molecular formula is C20H24N2O5. The minimum Gasteiger partial charge on any atom is -0.496 e. The number of aliphatic hydroxyl groups is 1. The van der Waals surface area contributed by atoms with Crippen molar-refractivity contribution in [1.82, 2.24) is 9.80 Å². The van der Waals surface area contributed by atoms with E-state index in [2.05, 4.69) is 0 Å². The normalized spacial score (nSPS) is 14.7. The summed E-state index contributed by atoms with van der Waals surface area (Å²) in [6.45, 7) is 1.86. The third-order valence-electron chi connectivity index (χ3n) is 4.70. The van der Waals surface area contributed by atoms with Gasteiger partial charge in [0.05, 0.1) is 13.5 Å². The van der Waals surface area contributed by atoms with Crippen LogP contribution in [0.1, 0.15) is 28.3 Å². The first-order valence-electron chi connectivity index (χ1n) is 9.01. The zero-order chi connectivity index (χ0) is 19.2. The van der Waals surface area contributed by atoms with E-state index in [4.69, 9.17) is 14.3 Å². The molecule has 1 fully saturated rings. The molecule has 1 N–H and O–H groups in total. The van der Waals surface area contributed by atoms with Gasteiger partial charge in [-0.1, -0.05) is 18.2 Å². The summed E-state index contributed by atoms with van der Waals surface area (Å²) in [5, 5.41) is 9.07.